The van der Waals surface area contributed by atoms with Crippen molar-refractivity contribution in [2.75, 3.05) is 26.8 Å². The summed E-state index contributed by atoms with van der Waals surface area (Å²) in [5, 5.41) is 9.41. The second kappa shape index (κ2) is 9.27. The summed E-state index contributed by atoms with van der Waals surface area (Å²) in [5.74, 6) is -1.93. The Morgan fingerprint density at radius 3 is 2.80 bits per heavy atom. The number of rotatable bonds is 4. The fraction of sp³-hybridized carbons (Fsp3) is 0.350. The van der Waals surface area contributed by atoms with Crippen LogP contribution in [0, 0.1) is 11.7 Å². The molecule has 1 saturated heterocycles. The summed E-state index contributed by atoms with van der Waals surface area (Å²) in [6.07, 6.45) is -0.318. The zero-order chi connectivity index (χ0) is 21.8. The van der Waals surface area contributed by atoms with Gasteiger partial charge in [0.05, 0.1) is 24.8 Å². The molecule has 160 valence electrons. The second-order valence-electron chi connectivity index (χ2n) is 6.82. The molecule has 1 N–H and O–H groups in total. The van der Waals surface area contributed by atoms with E-state index in [0.29, 0.717) is 5.56 Å². The van der Waals surface area contributed by atoms with Gasteiger partial charge in [-0.1, -0.05) is 17.7 Å². The van der Waals surface area contributed by atoms with E-state index in [1.54, 1.807) is 6.07 Å². The highest BCUT2D eigenvalue weighted by Gasteiger charge is 2.32. The van der Waals surface area contributed by atoms with Crippen molar-refractivity contribution in [3.05, 3.63) is 68.8 Å². The van der Waals surface area contributed by atoms with Crippen LogP contribution in [0.5, 0.6) is 0 Å². The monoisotopic (exact) mass is 438 g/mol. The number of carboxylic acid groups (broad SMARTS) is 1. The quantitative estimate of drug-likeness (QED) is 0.737. The van der Waals surface area contributed by atoms with E-state index < -0.39 is 35.5 Å². The third-order valence-electron chi connectivity index (χ3n) is 4.94. The summed E-state index contributed by atoms with van der Waals surface area (Å²) < 4.78 is 25.8. The molecule has 3 rings (SSSR count). The molecule has 1 fully saturated rings. The largest absolute Gasteiger partial charge is 0.465 e. The van der Waals surface area contributed by atoms with Crippen LogP contribution >= 0.6 is 11.6 Å². The van der Waals surface area contributed by atoms with Crippen molar-refractivity contribution >= 4 is 23.7 Å². The van der Waals surface area contributed by atoms with E-state index in [1.807, 2.05) is 0 Å². The molecule has 2 heterocycles. The number of ether oxygens (including phenoxy) is 2. The van der Waals surface area contributed by atoms with E-state index in [9.17, 15) is 23.9 Å². The van der Waals surface area contributed by atoms with Gasteiger partial charge < -0.3 is 24.0 Å². The van der Waals surface area contributed by atoms with Gasteiger partial charge in [-0.3, -0.25) is 4.79 Å². The fourth-order valence-electron chi connectivity index (χ4n) is 3.48. The third-order valence-corrected chi connectivity index (χ3v) is 5.25. The Bertz CT molecular complexity index is 1010. The zero-order valence-corrected chi connectivity index (χ0v) is 16.8. The first kappa shape index (κ1) is 21.8. The number of nitrogens with zero attached hydrogens (tertiary/aromatic N) is 2. The lowest BCUT2D eigenvalue weighted by Gasteiger charge is -2.27. The van der Waals surface area contributed by atoms with Crippen LogP contribution in [-0.4, -0.2) is 53.4 Å². The number of amides is 1. The van der Waals surface area contributed by atoms with Crippen molar-refractivity contribution in [2.24, 2.45) is 5.92 Å². The maximum Gasteiger partial charge on any atom is 0.407 e. The smallest absolute Gasteiger partial charge is 0.407 e. The Hall–Kier alpha value is -2.91. The number of pyridine rings is 1. The first-order chi connectivity index (χ1) is 14.3. The maximum absolute atomic E-state index is 14.0. The summed E-state index contributed by atoms with van der Waals surface area (Å²) in [6.45, 7) is 0.339. The number of methoxy groups -OCH3 is 1. The summed E-state index contributed by atoms with van der Waals surface area (Å²) in [7, 11) is 1.17. The zero-order valence-electron chi connectivity index (χ0n) is 16.1. The van der Waals surface area contributed by atoms with Gasteiger partial charge in [-0.05, 0) is 29.8 Å². The number of aromatic nitrogens is 1. The van der Waals surface area contributed by atoms with Gasteiger partial charge in [0.25, 0.3) is 5.56 Å². The van der Waals surface area contributed by atoms with Crippen molar-refractivity contribution in [3.8, 4) is 0 Å². The van der Waals surface area contributed by atoms with Crippen molar-refractivity contribution in [1.82, 2.24) is 9.47 Å². The molecule has 0 aliphatic carbocycles. The van der Waals surface area contributed by atoms with Gasteiger partial charge in [0.15, 0.2) is 0 Å². The van der Waals surface area contributed by atoms with Gasteiger partial charge in [-0.25, -0.2) is 14.0 Å². The molecule has 0 bridgehead atoms. The van der Waals surface area contributed by atoms with Crippen LogP contribution in [0.25, 0.3) is 0 Å². The molecule has 2 unspecified atom stereocenters. The highest BCUT2D eigenvalue weighted by atomic mass is 35.5. The first-order valence-corrected chi connectivity index (χ1v) is 9.51. The lowest BCUT2D eigenvalue weighted by molar-refractivity contribution is 0.0248. The Balaban J connectivity index is 1.99. The normalized spacial score (nSPS) is 19.2. The standard InChI is InChI=1S/C20H20ClFN2O6/c1-29-19(26)14-3-2-6-23(18(14)25)10-13-11-24(20(27)28)7-8-30-17(13)12-4-5-15(21)16(22)9-12/h2-6,9,13,17H,7-8,10-11H2,1H3,(H,27,28). The number of hydrogen-bond donors (Lipinski definition) is 1. The SMILES string of the molecule is COC(=O)c1cccn(CC2CN(C(=O)O)CCOC2c2ccc(Cl)c(F)c2)c1=O. The van der Waals surface area contributed by atoms with E-state index in [4.69, 9.17) is 16.3 Å². The van der Waals surface area contributed by atoms with Gasteiger partial charge in [-0.2, -0.15) is 0 Å². The summed E-state index contributed by atoms with van der Waals surface area (Å²) in [5.41, 5.74) is -0.235. The fourth-order valence-corrected chi connectivity index (χ4v) is 3.60. The van der Waals surface area contributed by atoms with E-state index in [1.165, 1.54) is 47.0 Å². The molecule has 0 spiro atoms. The van der Waals surface area contributed by atoms with Crippen molar-refractivity contribution in [3.63, 3.8) is 0 Å². The highest BCUT2D eigenvalue weighted by Crippen LogP contribution is 2.32. The van der Waals surface area contributed by atoms with Crippen molar-refractivity contribution in [1.29, 1.82) is 0 Å². The first-order valence-electron chi connectivity index (χ1n) is 9.14. The Morgan fingerprint density at radius 1 is 1.37 bits per heavy atom. The molecule has 8 nitrogen and oxygen atoms in total. The predicted molar refractivity (Wildman–Crippen MR) is 105 cm³/mol. The number of benzene rings is 1. The van der Waals surface area contributed by atoms with Crippen LogP contribution in [0.15, 0.2) is 41.3 Å². The van der Waals surface area contributed by atoms with Crippen LogP contribution in [0.2, 0.25) is 5.02 Å². The number of halogens is 2. The summed E-state index contributed by atoms with van der Waals surface area (Å²) >= 11 is 5.77. The molecule has 30 heavy (non-hydrogen) atoms. The minimum absolute atomic E-state index is 0.0434. The van der Waals surface area contributed by atoms with Gasteiger partial charge in [0.1, 0.15) is 11.4 Å². The van der Waals surface area contributed by atoms with Crippen LogP contribution < -0.4 is 5.56 Å². The molecule has 1 aliphatic rings. The lowest BCUT2D eigenvalue weighted by Crippen LogP contribution is -2.38. The van der Waals surface area contributed by atoms with Gasteiger partial charge >= 0.3 is 12.1 Å². The Labute approximate surface area is 176 Å². The Kier molecular flexibility index (Phi) is 6.73. The lowest BCUT2D eigenvalue weighted by atomic mass is 9.94. The van der Waals surface area contributed by atoms with Crippen LogP contribution in [-0.2, 0) is 16.0 Å². The average molecular weight is 439 g/mol. The molecular weight excluding hydrogens is 419 g/mol. The highest BCUT2D eigenvalue weighted by molar-refractivity contribution is 6.30. The van der Waals surface area contributed by atoms with E-state index >= 15 is 0 Å². The third kappa shape index (κ3) is 4.63. The average Bonchev–Trinajstić information content (AvgIpc) is 2.94. The molecule has 0 radical (unpaired) electrons. The summed E-state index contributed by atoms with van der Waals surface area (Å²) in [4.78, 5) is 37.3. The maximum atomic E-state index is 14.0. The van der Waals surface area contributed by atoms with Crippen LogP contribution in [0.3, 0.4) is 0 Å². The molecule has 0 saturated carbocycles. The Morgan fingerprint density at radius 2 is 2.13 bits per heavy atom. The predicted octanol–water partition coefficient (Wildman–Crippen LogP) is 2.80. The summed E-state index contributed by atoms with van der Waals surface area (Å²) in [6, 6.07) is 7.12. The van der Waals surface area contributed by atoms with Crippen molar-refractivity contribution in [2.45, 2.75) is 12.6 Å². The van der Waals surface area contributed by atoms with E-state index in [0.717, 1.165) is 0 Å². The number of esters is 1. The van der Waals surface area contributed by atoms with E-state index in [-0.39, 0.29) is 36.8 Å². The second-order valence-corrected chi connectivity index (χ2v) is 7.23. The topological polar surface area (TPSA) is 98.1 Å². The van der Waals surface area contributed by atoms with E-state index in [2.05, 4.69) is 4.74 Å². The molecular formula is C20H20ClFN2O6. The molecule has 2 aromatic rings. The molecule has 10 heteroatoms. The minimum atomic E-state index is -1.12. The molecule has 1 amide bonds. The number of hydrogen-bond acceptors (Lipinski definition) is 5. The van der Waals surface area contributed by atoms with Gasteiger partial charge in [0.2, 0.25) is 0 Å². The number of carbonyl (C=O) groups is 2. The molecule has 2 atom stereocenters. The van der Waals surface area contributed by atoms with Crippen LogP contribution in [0.4, 0.5) is 9.18 Å². The number of carbonyl (C=O) groups excluding carboxylic acids is 1. The minimum Gasteiger partial charge on any atom is -0.465 e. The van der Waals surface area contributed by atoms with Gasteiger partial charge in [-0.15, -0.1) is 0 Å². The van der Waals surface area contributed by atoms with Gasteiger partial charge in [0, 0.05) is 31.7 Å². The molecule has 1 aliphatic heterocycles. The molecule has 1 aromatic heterocycles. The molecule has 1 aromatic carbocycles. The van der Waals surface area contributed by atoms with Crippen LogP contribution in [0.1, 0.15) is 22.0 Å². The van der Waals surface area contributed by atoms with Crippen molar-refractivity contribution < 1.29 is 28.6 Å².